The number of benzene rings is 1. The third kappa shape index (κ3) is 4.21. The summed E-state index contributed by atoms with van der Waals surface area (Å²) in [6.45, 7) is 1.76. The van der Waals surface area contributed by atoms with E-state index in [-0.39, 0.29) is 40.2 Å². The number of hydrogen-bond acceptors (Lipinski definition) is 5. The molecule has 1 fully saturated rings. The van der Waals surface area contributed by atoms with Gasteiger partial charge in [-0.25, -0.2) is 14.2 Å². The summed E-state index contributed by atoms with van der Waals surface area (Å²) in [5, 5.41) is 0.213. The lowest BCUT2D eigenvalue weighted by molar-refractivity contribution is 0.0523. The van der Waals surface area contributed by atoms with Crippen LogP contribution < -0.4 is 11.0 Å². The number of carbonyl (C=O) groups excluding carboxylic acids is 2. The number of pyridine rings is 2. The SMILES string of the molecule is CCOC(=O)c1cc2c(=O)n3ccccc3nc2n(C2CCCCC2)c1=NC(=O)c1ccccc1F. The molecule has 0 unspecified atom stereocenters. The van der Waals surface area contributed by atoms with Crippen molar-refractivity contribution >= 4 is 28.6 Å². The Morgan fingerprint density at radius 2 is 1.83 bits per heavy atom. The van der Waals surface area contributed by atoms with Gasteiger partial charge in [-0.2, -0.15) is 4.99 Å². The fraction of sp³-hybridized carbons (Fsp3) is 0.296. The number of esters is 1. The second-order valence-electron chi connectivity index (χ2n) is 8.74. The molecule has 184 valence electrons. The van der Waals surface area contributed by atoms with E-state index >= 15 is 0 Å². The molecule has 0 N–H and O–H groups in total. The fourth-order valence-corrected chi connectivity index (χ4v) is 4.79. The summed E-state index contributed by atoms with van der Waals surface area (Å²) in [4.78, 5) is 48.7. The summed E-state index contributed by atoms with van der Waals surface area (Å²) in [6.07, 6.45) is 6.08. The van der Waals surface area contributed by atoms with Crippen molar-refractivity contribution in [1.29, 1.82) is 0 Å². The molecule has 1 aliphatic rings. The maximum absolute atomic E-state index is 14.4. The minimum atomic E-state index is -0.833. The molecule has 3 aromatic heterocycles. The average molecular weight is 489 g/mol. The summed E-state index contributed by atoms with van der Waals surface area (Å²) >= 11 is 0. The summed E-state index contributed by atoms with van der Waals surface area (Å²) in [5.41, 5.74) is 0.176. The third-order valence-corrected chi connectivity index (χ3v) is 6.48. The number of amides is 1. The van der Waals surface area contributed by atoms with Crippen molar-refractivity contribution < 1.29 is 18.7 Å². The molecule has 9 heteroatoms. The molecule has 0 bridgehead atoms. The summed E-state index contributed by atoms with van der Waals surface area (Å²) in [5.74, 6) is -2.27. The third-order valence-electron chi connectivity index (χ3n) is 6.48. The predicted molar refractivity (Wildman–Crippen MR) is 131 cm³/mol. The zero-order valence-corrected chi connectivity index (χ0v) is 19.8. The van der Waals surface area contributed by atoms with Crippen LogP contribution in [0.15, 0.2) is 64.5 Å². The van der Waals surface area contributed by atoms with Crippen LogP contribution in [0.1, 0.15) is 65.8 Å². The van der Waals surface area contributed by atoms with E-state index in [9.17, 15) is 18.8 Å². The number of rotatable bonds is 4. The van der Waals surface area contributed by atoms with Crippen LogP contribution in [0.2, 0.25) is 0 Å². The van der Waals surface area contributed by atoms with E-state index in [1.54, 1.807) is 42.0 Å². The molecular weight excluding hydrogens is 463 g/mol. The highest BCUT2D eigenvalue weighted by Gasteiger charge is 2.25. The van der Waals surface area contributed by atoms with Crippen molar-refractivity contribution in [2.75, 3.05) is 6.61 Å². The largest absolute Gasteiger partial charge is 0.462 e. The molecule has 8 nitrogen and oxygen atoms in total. The Balaban J connectivity index is 1.91. The van der Waals surface area contributed by atoms with Crippen LogP contribution in [0.5, 0.6) is 0 Å². The van der Waals surface area contributed by atoms with Gasteiger partial charge in [0.1, 0.15) is 22.7 Å². The number of halogens is 1. The van der Waals surface area contributed by atoms with Gasteiger partial charge in [-0.05, 0) is 50.1 Å². The number of hydrogen-bond donors (Lipinski definition) is 0. The second kappa shape index (κ2) is 9.85. The number of nitrogens with zero attached hydrogens (tertiary/aromatic N) is 4. The first-order chi connectivity index (χ1) is 17.5. The van der Waals surface area contributed by atoms with Crippen molar-refractivity contribution in [3.63, 3.8) is 0 Å². The Bertz CT molecular complexity index is 1620. The van der Waals surface area contributed by atoms with Crippen LogP contribution in [-0.4, -0.2) is 32.4 Å². The van der Waals surface area contributed by atoms with Gasteiger partial charge < -0.3 is 9.30 Å². The fourth-order valence-electron chi connectivity index (χ4n) is 4.79. The highest BCUT2D eigenvalue weighted by atomic mass is 19.1. The first-order valence-corrected chi connectivity index (χ1v) is 12.1. The molecule has 0 radical (unpaired) electrons. The van der Waals surface area contributed by atoms with E-state index in [2.05, 4.69) is 4.99 Å². The summed E-state index contributed by atoms with van der Waals surface area (Å²) in [6, 6.07) is 12.0. The van der Waals surface area contributed by atoms with Gasteiger partial charge in [-0.1, -0.05) is 37.5 Å². The molecule has 36 heavy (non-hydrogen) atoms. The number of carbonyl (C=O) groups is 2. The van der Waals surface area contributed by atoms with Crippen LogP contribution >= 0.6 is 0 Å². The van der Waals surface area contributed by atoms with Crippen molar-refractivity contribution in [1.82, 2.24) is 14.0 Å². The van der Waals surface area contributed by atoms with Gasteiger partial charge >= 0.3 is 5.97 Å². The molecule has 1 saturated carbocycles. The van der Waals surface area contributed by atoms with Gasteiger partial charge in [0.05, 0.1) is 17.6 Å². The molecule has 1 aliphatic carbocycles. The molecule has 3 heterocycles. The van der Waals surface area contributed by atoms with Crippen molar-refractivity contribution in [3.8, 4) is 0 Å². The van der Waals surface area contributed by atoms with Crippen molar-refractivity contribution in [3.05, 3.63) is 87.5 Å². The van der Waals surface area contributed by atoms with Gasteiger partial charge in [-0.15, -0.1) is 0 Å². The minimum Gasteiger partial charge on any atom is -0.462 e. The lowest BCUT2D eigenvalue weighted by atomic mass is 9.94. The van der Waals surface area contributed by atoms with Crippen LogP contribution in [0, 0.1) is 5.82 Å². The van der Waals surface area contributed by atoms with Gasteiger partial charge in [0, 0.05) is 12.2 Å². The Morgan fingerprint density at radius 1 is 1.08 bits per heavy atom. The smallest absolute Gasteiger partial charge is 0.341 e. The predicted octanol–water partition coefficient (Wildman–Crippen LogP) is 4.21. The first kappa shape index (κ1) is 23.6. The zero-order valence-electron chi connectivity index (χ0n) is 19.8. The van der Waals surface area contributed by atoms with E-state index in [1.165, 1.54) is 28.7 Å². The van der Waals surface area contributed by atoms with E-state index in [1.807, 2.05) is 0 Å². The van der Waals surface area contributed by atoms with Gasteiger partial charge in [0.25, 0.3) is 11.5 Å². The Labute approximate surface area is 205 Å². The Morgan fingerprint density at radius 3 is 2.58 bits per heavy atom. The lowest BCUT2D eigenvalue weighted by Gasteiger charge is -2.27. The Hall–Kier alpha value is -4.14. The molecule has 1 aromatic carbocycles. The molecule has 4 aromatic rings. The second-order valence-corrected chi connectivity index (χ2v) is 8.74. The monoisotopic (exact) mass is 488 g/mol. The normalized spacial score (nSPS) is 14.9. The summed E-state index contributed by atoms with van der Waals surface area (Å²) in [7, 11) is 0. The number of fused-ring (bicyclic) bond motifs is 2. The lowest BCUT2D eigenvalue weighted by Crippen LogP contribution is -2.35. The molecule has 5 rings (SSSR count). The number of ether oxygens (including phenoxy) is 1. The van der Waals surface area contributed by atoms with Gasteiger partial charge in [0.2, 0.25) is 0 Å². The topological polar surface area (TPSA) is 95.0 Å². The Kier molecular flexibility index (Phi) is 6.45. The van der Waals surface area contributed by atoms with Crippen LogP contribution in [0.4, 0.5) is 4.39 Å². The van der Waals surface area contributed by atoms with Gasteiger partial charge in [-0.3, -0.25) is 14.0 Å². The molecule has 0 spiro atoms. The molecule has 0 saturated heterocycles. The highest BCUT2D eigenvalue weighted by Crippen LogP contribution is 2.29. The molecule has 1 amide bonds. The van der Waals surface area contributed by atoms with Gasteiger partial charge in [0.15, 0.2) is 5.49 Å². The molecule has 0 aliphatic heterocycles. The minimum absolute atomic E-state index is 0.0216. The van der Waals surface area contributed by atoms with E-state index in [0.29, 0.717) is 11.3 Å². The zero-order chi connectivity index (χ0) is 25.2. The van der Waals surface area contributed by atoms with Crippen LogP contribution in [-0.2, 0) is 4.74 Å². The number of aromatic nitrogens is 3. The highest BCUT2D eigenvalue weighted by molar-refractivity contribution is 5.97. The quantitative estimate of drug-likeness (QED) is 0.317. The van der Waals surface area contributed by atoms with Crippen molar-refractivity contribution in [2.45, 2.75) is 45.1 Å². The standard InChI is InChI=1S/C27H25FN4O4/c1-2-36-27(35)20-16-19-23(29-22-14-8-9-15-31(22)26(19)34)32(17-10-4-3-5-11-17)24(20)30-25(33)18-12-6-7-13-21(18)28/h6-9,12-17H,2-5,10-11H2,1H3. The molecule has 0 atom stereocenters. The van der Waals surface area contributed by atoms with E-state index in [0.717, 1.165) is 32.1 Å². The maximum atomic E-state index is 14.4. The molecular formula is C27H25FN4O4. The van der Waals surface area contributed by atoms with Crippen molar-refractivity contribution in [2.24, 2.45) is 4.99 Å². The average Bonchev–Trinajstić information content (AvgIpc) is 2.89. The van der Waals surface area contributed by atoms with Crippen LogP contribution in [0.25, 0.3) is 16.7 Å². The van der Waals surface area contributed by atoms with E-state index < -0.39 is 17.7 Å². The first-order valence-electron chi connectivity index (χ1n) is 12.1. The van der Waals surface area contributed by atoms with E-state index in [4.69, 9.17) is 9.72 Å². The maximum Gasteiger partial charge on any atom is 0.341 e. The van der Waals surface area contributed by atoms with Crippen LogP contribution in [0.3, 0.4) is 0 Å². The summed E-state index contributed by atoms with van der Waals surface area (Å²) < 4.78 is 22.8.